The van der Waals surface area contributed by atoms with Crippen LogP contribution in [0, 0.1) is 5.82 Å². The molecule has 20 heavy (non-hydrogen) atoms. The lowest BCUT2D eigenvalue weighted by Crippen LogP contribution is -1.97. The standard InChI is InChI=1S/C17H19FO2/c1-3-12(2)14-6-4-5-7-16(14)20-17-9-8-13(11-19)10-15(17)18/h4-10,12,19H,3,11H2,1-2H3. The van der Waals surface area contributed by atoms with E-state index >= 15 is 0 Å². The third-order valence-corrected chi connectivity index (χ3v) is 3.46. The smallest absolute Gasteiger partial charge is 0.166 e. The zero-order chi connectivity index (χ0) is 14.5. The van der Waals surface area contributed by atoms with Gasteiger partial charge in [-0.2, -0.15) is 0 Å². The fourth-order valence-electron chi connectivity index (χ4n) is 2.04. The zero-order valence-corrected chi connectivity index (χ0v) is 11.8. The summed E-state index contributed by atoms with van der Waals surface area (Å²) in [6, 6.07) is 12.2. The van der Waals surface area contributed by atoms with Crippen molar-refractivity contribution in [3.63, 3.8) is 0 Å². The van der Waals surface area contributed by atoms with Gasteiger partial charge in [0.1, 0.15) is 5.75 Å². The molecular formula is C17H19FO2. The maximum Gasteiger partial charge on any atom is 0.166 e. The van der Waals surface area contributed by atoms with Gasteiger partial charge in [0.05, 0.1) is 6.61 Å². The van der Waals surface area contributed by atoms with Crippen LogP contribution in [0.4, 0.5) is 4.39 Å². The number of para-hydroxylation sites is 1. The molecule has 0 bridgehead atoms. The molecule has 1 atom stereocenters. The van der Waals surface area contributed by atoms with E-state index in [-0.39, 0.29) is 12.4 Å². The minimum Gasteiger partial charge on any atom is -0.454 e. The summed E-state index contributed by atoms with van der Waals surface area (Å²) in [5.74, 6) is 0.747. The van der Waals surface area contributed by atoms with Crippen LogP contribution in [-0.4, -0.2) is 5.11 Å². The molecule has 0 amide bonds. The van der Waals surface area contributed by atoms with Gasteiger partial charge in [0.25, 0.3) is 0 Å². The highest BCUT2D eigenvalue weighted by Gasteiger charge is 2.12. The lowest BCUT2D eigenvalue weighted by Gasteiger charge is -2.16. The molecule has 0 aromatic heterocycles. The molecule has 1 N–H and O–H groups in total. The molecule has 0 aliphatic rings. The first-order chi connectivity index (χ1) is 9.65. The molecule has 0 saturated heterocycles. The molecule has 2 aromatic carbocycles. The first-order valence-electron chi connectivity index (χ1n) is 6.81. The van der Waals surface area contributed by atoms with Crippen LogP contribution in [0.1, 0.15) is 37.3 Å². The van der Waals surface area contributed by atoms with E-state index in [1.54, 1.807) is 12.1 Å². The Hall–Kier alpha value is -1.87. The molecule has 0 aliphatic carbocycles. The van der Waals surface area contributed by atoms with Crippen molar-refractivity contribution in [1.29, 1.82) is 0 Å². The summed E-state index contributed by atoms with van der Waals surface area (Å²) in [6.07, 6.45) is 0.992. The maximum atomic E-state index is 13.9. The number of ether oxygens (including phenoxy) is 1. The predicted molar refractivity (Wildman–Crippen MR) is 77.5 cm³/mol. The molecule has 0 spiro atoms. The van der Waals surface area contributed by atoms with Crippen LogP contribution in [0.5, 0.6) is 11.5 Å². The third-order valence-electron chi connectivity index (χ3n) is 3.46. The molecule has 2 aromatic rings. The molecule has 0 aliphatic heterocycles. The predicted octanol–water partition coefficient (Wildman–Crippen LogP) is 4.62. The van der Waals surface area contributed by atoms with E-state index in [4.69, 9.17) is 9.84 Å². The number of rotatable bonds is 5. The second-order valence-electron chi connectivity index (χ2n) is 4.87. The molecule has 2 rings (SSSR count). The Balaban J connectivity index is 2.30. The van der Waals surface area contributed by atoms with E-state index in [0.717, 1.165) is 12.0 Å². The van der Waals surface area contributed by atoms with E-state index in [9.17, 15) is 4.39 Å². The Morgan fingerprint density at radius 2 is 1.90 bits per heavy atom. The van der Waals surface area contributed by atoms with Crippen molar-refractivity contribution in [2.45, 2.75) is 32.8 Å². The third kappa shape index (κ3) is 3.17. The lowest BCUT2D eigenvalue weighted by molar-refractivity contribution is 0.281. The average molecular weight is 274 g/mol. The summed E-state index contributed by atoms with van der Waals surface area (Å²) in [6.45, 7) is 4.05. The quantitative estimate of drug-likeness (QED) is 0.861. The second kappa shape index (κ2) is 6.53. The van der Waals surface area contributed by atoms with Gasteiger partial charge < -0.3 is 9.84 Å². The van der Waals surface area contributed by atoms with Gasteiger partial charge in [0.2, 0.25) is 0 Å². The van der Waals surface area contributed by atoms with E-state index in [0.29, 0.717) is 17.2 Å². The fraction of sp³-hybridized carbons (Fsp3) is 0.294. The van der Waals surface area contributed by atoms with Gasteiger partial charge in [-0.25, -0.2) is 4.39 Å². The lowest BCUT2D eigenvalue weighted by atomic mass is 9.98. The monoisotopic (exact) mass is 274 g/mol. The van der Waals surface area contributed by atoms with E-state index in [1.165, 1.54) is 6.07 Å². The van der Waals surface area contributed by atoms with Crippen LogP contribution >= 0.6 is 0 Å². The van der Waals surface area contributed by atoms with E-state index in [2.05, 4.69) is 13.8 Å². The second-order valence-corrected chi connectivity index (χ2v) is 4.87. The van der Waals surface area contributed by atoms with Crippen LogP contribution < -0.4 is 4.74 Å². The van der Waals surface area contributed by atoms with Gasteiger partial charge in [-0.05, 0) is 41.7 Å². The highest BCUT2D eigenvalue weighted by Crippen LogP contribution is 2.33. The summed E-state index contributed by atoms with van der Waals surface area (Å²) in [5, 5.41) is 8.98. The number of halogens is 1. The van der Waals surface area contributed by atoms with Gasteiger partial charge in [-0.3, -0.25) is 0 Å². The van der Waals surface area contributed by atoms with Gasteiger partial charge >= 0.3 is 0 Å². The Morgan fingerprint density at radius 3 is 2.55 bits per heavy atom. The van der Waals surface area contributed by atoms with Crippen LogP contribution in [0.15, 0.2) is 42.5 Å². The molecule has 0 saturated carbocycles. The van der Waals surface area contributed by atoms with Crippen molar-refractivity contribution < 1.29 is 14.2 Å². The zero-order valence-electron chi connectivity index (χ0n) is 11.8. The fourth-order valence-corrected chi connectivity index (χ4v) is 2.04. The number of hydrogen-bond donors (Lipinski definition) is 1. The number of aliphatic hydroxyl groups excluding tert-OH is 1. The number of benzene rings is 2. The summed E-state index contributed by atoms with van der Waals surface area (Å²) in [7, 11) is 0. The van der Waals surface area contributed by atoms with Crippen molar-refractivity contribution in [2.24, 2.45) is 0 Å². The Morgan fingerprint density at radius 1 is 1.15 bits per heavy atom. The highest BCUT2D eigenvalue weighted by molar-refractivity contribution is 5.40. The van der Waals surface area contributed by atoms with Crippen molar-refractivity contribution >= 4 is 0 Å². The Labute approximate surface area is 118 Å². The summed E-state index contributed by atoms with van der Waals surface area (Å²) in [5.41, 5.74) is 1.60. The van der Waals surface area contributed by atoms with Crippen LogP contribution in [0.2, 0.25) is 0 Å². The summed E-state index contributed by atoms with van der Waals surface area (Å²) < 4.78 is 19.6. The topological polar surface area (TPSA) is 29.5 Å². The highest BCUT2D eigenvalue weighted by atomic mass is 19.1. The molecule has 0 fully saturated rings. The van der Waals surface area contributed by atoms with Crippen molar-refractivity contribution in [3.8, 4) is 11.5 Å². The average Bonchev–Trinajstić information content (AvgIpc) is 2.49. The van der Waals surface area contributed by atoms with Crippen LogP contribution in [-0.2, 0) is 6.61 Å². The van der Waals surface area contributed by atoms with Crippen molar-refractivity contribution in [2.75, 3.05) is 0 Å². The van der Waals surface area contributed by atoms with Gasteiger partial charge in [-0.1, -0.05) is 38.1 Å². The molecule has 2 nitrogen and oxygen atoms in total. The molecular weight excluding hydrogens is 255 g/mol. The first-order valence-corrected chi connectivity index (χ1v) is 6.81. The molecule has 106 valence electrons. The van der Waals surface area contributed by atoms with Gasteiger partial charge in [0, 0.05) is 0 Å². The van der Waals surface area contributed by atoms with Crippen molar-refractivity contribution in [3.05, 3.63) is 59.4 Å². The summed E-state index contributed by atoms with van der Waals surface area (Å²) >= 11 is 0. The molecule has 1 unspecified atom stereocenters. The van der Waals surface area contributed by atoms with Gasteiger partial charge in [-0.15, -0.1) is 0 Å². The number of aliphatic hydroxyl groups is 1. The maximum absolute atomic E-state index is 13.9. The molecule has 0 heterocycles. The van der Waals surface area contributed by atoms with E-state index in [1.807, 2.05) is 24.3 Å². The molecule has 3 heteroatoms. The molecule has 0 radical (unpaired) electrons. The van der Waals surface area contributed by atoms with E-state index < -0.39 is 5.82 Å². The minimum atomic E-state index is -0.462. The normalized spacial score (nSPS) is 12.2. The Kier molecular flexibility index (Phi) is 4.74. The largest absolute Gasteiger partial charge is 0.454 e. The SMILES string of the molecule is CCC(C)c1ccccc1Oc1ccc(CO)cc1F. The van der Waals surface area contributed by atoms with Crippen LogP contribution in [0.25, 0.3) is 0 Å². The minimum absolute atomic E-state index is 0.179. The number of hydrogen-bond acceptors (Lipinski definition) is 2. The van der Waals surface area contributed by atoms with Gasteiger partial charge in [0.15, 0.2) is 11.6 Å². The first kappa shape index (κ1) is 14.5. The Bertz CT molecular complexity index is 581. The summed E-state index contributed by atoms with van der Waals surface area (Å²) in [4.78, 5) is 0. The van der Waals surface area contributed by atoms with Crippen LogP contribution in [0.3, 0.4) is 0 Å². The van der Waals surface area contributed by atoms with Crippen molar-refractivity contribution in [1.82, 2.24) is 0 Å².